The molecule has 1 saturated carbocycles. The molecule has 0 bridgehead atoms. The molecule has 4 atom stereocenters. The third kappa shape index (κ3) is 4.23. The van der Waals surface area contributed by atoms with Crippen LogP contribution in [0.5, 0.6) is 11.5 Å². The van der Waals surface area contributed by atoms with Crippen molar-refractivity contribution in [3.63, 3.8) is 0 Å². The topological polar surface area (TPSA) is 109 Å². The Hall–Kier alpha value is -2.82. The number of nitro benzene ring substituents is 1. The zero-order valence-corrected chi connectivity index (χ0v) is 23.2. The molecule has 0 amide bonds. The molecule has 2 aliphatic heterocycles. The van der Waals surface area contributed by atoms with E-state index in [4.69, 9.17) is 9.47 Å². The molecule has 0 radical (unpaired) electrons. The summed E-state index contributed by atoms with van der Waals surface area (Å²) >= 11 is 3.76. The van der Waals surface area contributed by atoms with E-state index in [1.54, 1.807) is 19.2 Å². The molecule has 1 spiro atoms. The van der Waals surface area contributed by atoms with Gasteiger partial charge < -0.3 is 25.4 Å². The van der Waals surface area contributed by atoms with Crippen molar-refractivity contribution in [2.75, 3.05) is 25.7 Å². The fraction of sp³-hybridized carbons (Fsp3) is 0.500. The van der Waals surface area contributed by atoms with E-state index in [0.717, 1.165) is 59.2 Å². The van der Waals surface area contributed by atoms with E-state index in [1.165, 1.54) is 36.1 Å². The fourth-order valence-corrected chi connectivity index (χ4v) is 7.19. The Balaban J connectivity index is 1.34. The van der Waals surface area contributed by atoms with Crippen molar-refractivity contribution < 1.29 is 19.5 Å². The van der Waals surface area contributed by atoms with E-state index in [1.807, 2.05) is 0 Å². The highest BCUT2D eigenvalue weighted by Crippen LogP contribution is 2.60. The van der Waals surface area contributed by atoms with Gasteiger partial charge in [0.2, 0.25) is 0 Å². The van der Waals surface area contributed by atoms with Gasteiger partial charge in [0.1, 0.15) is 22.1 Å². The first-order valence-electron chi connectivity index (χ1n) is 13.2. The Morgan fingerprint density at radius 3 is 2.71 bits per heavy atom. The summed E-state index contributed by atoms with van der Waals surface area (Å²) in [7, 11) is 1.68. The number of nitrogens with one attached hydrogen (secondary N) is 2. The number of hydrogen-bond donors (Lipinski definition) is 3. The molecule has 2 aliphatic carbocycles. The van der Waals surface area contributed by atoms with Crippen LogP contribution in [0.15, 0.2) is 46.6 Å². The summed E-state index contributed by atoms with van der Waals surface area (Å²) in [5, 5.41) is 21.5. The highest BCUT2D eigenvalue weighted by molar-refractivity contribution is 9.10. The molecule has 4 aliphatic rings. The van der Waals surface area contributed by atoms with Crippen molar-refractivity contribution in [3.8, 4) is 11.5 Å². The summed E-state index contributed by atoms with van der Waals surface area (Å²) in [5.74, 6) is 2.56. The van der Waals surface area contributed by atoms with Gasteiger partial charge in [-0.1, -0.05) is 6.92 Å². The molecular weight excluding hydrogens is 552 g/mol. The minimum Gasteiger partial charge on any atom is -0.495 e. The molecule has 9 nitrogen and oxygen atoms in total. The van der Waals surface area contributed by atoms with Crippen molar-refractivity contribution in [3.05, 3.63) is 67.8 Å². The lowest BCUT2D eigenvalue weighted by atomic mass is 9.60. The Labute approximate surface area is 230 Å². The normalized spacial score (nSPS) is 27.9. The number of nitro groups is 1. The van der Waals surface area contributed by atoms with Gasteiger partial charge in [-0.15, -0.1) is 0 Å². The number of benzene rings is 2. The van der Waals surface area contributed by atoms with Crippen LogP contribution in [0.2, 0.25) is 0 Å². The molecule has 3 N–H and O–H groups in total. The van der Waals surface area contributed by atoms with Crippen molar-refractivity contribution in [2.45, 2.75) is 56.7 Å². The van der Waals surface area contributed by atoms with Crippen LogP contribution in [0.4, 0.5) is 11.4 Å². The largest absolute Gasteiger partial charge is 0.495 e. The highest BCUT2D eigenvalue weighted by atomic mass is 79.9. The van der Waals surface area contributed by atoms with E-state index < -0.39 is 4.92 Å². The molecule has 2 heterocycles. The Kier molecular flexibility index (Phi) is 6.52. The predicted molar refractivity (Wildman–Crippen MR) is 147 cm³/mol. The van der Waals surface area contributed by atoms with Gasteiger partial charge in [0.05, 0.1) is 24.3 Å². The van der Waals surface area contributed by atoms with Crippen LogP contribution in [0, 0.1) is 22.0 Å². The second kappa shape index (κ2) is 9.73. The van der Waals surface area contributed by atoms with E-state index in [-0.39, 0.29) is 35.8 Å². The van der Waals surface area contributed by atoms with Crippen LogP contribution in [0.3, 0.4) is 0 Å². The Morgan fingerprint density at radius 2 is 2.05 bits per heavy atom. The third-order valence-electron chi connectivity index (χ3n) is 8.77. The number of allylic oxidation sites excluding steroid dienone is 1. The second-order valence-electron chi connectivity index (χ2n) is 11.1. The predicted octanol–water partition coefficient (Wildman–Crippen LogP) is 4.88. The number of rotatable bonds is 8. The summed E-state index contributed by atoms with van der Waals surface area (Å²) in [4.78, 5) is 13.0. The highest BCUT2D eigenvalue weighted by Gasteiger charge is 2.58. The number of methoxy groups -OCH3 is 1. The average molecular weight is 585 g/mol. The molecule has 0 saturated heterocycles. The van der Waals surface area contributed by atoms with Crippen LogP contribution in [-0.2, 0) is 12.0 Å². The summed E-state index contributed by atoms with van der Waals surface area (Å²) < 4.78 is 13.3. The van der Waals surface area contributed by atoms with Crippen molar-refractivity contribution in [1.82, 2.24) is 10.3 Å². The first-order valence-corrected chi connectivity index (χ1v) is 14.0. The minimum absolute atomic E-state index is 0.0495. The SMILES string of the molecule is COc1cc2c3c(c1Br)O[C@@H]1C=C(NNc4ccc([N+](=O)[O-])cc4)C[C@@H](C)[C@]31C[C@@H](CO)N(CC1CC1)C2. The smallest absolute Gasteiger partial charge is 0.269 e. The van der Waals surface area contributed by atoms with Crippen LogP contribution in [0.1, 0.15) is 43.7 Å². The molecule has 38 heavy (non-hydrogen) atoms. The first kappa shape index (κ1) is 25.5. The van der Waals surface area contributed by atoms with Crippen LogP contribution in [0.25, 0.3) is 0 Å². The summed E-state index contributed by atoms with van der Waals surface area (Å²) in [6, 6.07) is 8.53. The molecule has 6 rings (SSSR count). The monoisotopic (exact) mass is 584 g/mol. The number of aliphatic hydroxyl groups is 1. The maximum atomic E-state index is 11.0. The number of anilines is 1. The van der Waals surface area contributed by atoms with Gasteiger partial charge >= 0.3 is 0 Å². The molecule has 202 valence electrons. The van der Waals surface area contributed by atoms with E-state index in [9.17, 15) is 15.2 Å². The lowest BCUT2D eigenvalue weighted by Crippen LogP contribution is -2.51. The Bertz CT molecular complexity index is 1280. The van der Waals surface area contributed by atoms with Crippen LogP contribution in [-0.4, -0.2) is 47.3 Å². The van der Waals surface area contributed by atoms with Gasteiger partial charge in [0.15, 0.2) is 0 Å². The van der Waals surface area contributed by atoms with Crippen molar-refractivity contribution in [1.29, 1.82) is 0 Å². The standard InChI is InChI=1S/C28H33BrN4O5/c1-16-9-20(31-30-19-5-7-21(8-6-19)33(35)36)11-24-28(16)12-22(15-34)32(13-17-3-4-17)14-18-10-23(37-2)26(29)27(38-24)25(18)28/h5-8,10-11,16-17,22,24,30-31,34H,3-4,9,12-15H2,1-2H3/t16-,22+,24-,28+/m1/s1. The third-order valence-corrected chi connectivity index (χ3v) is 9.53. The lowest BCUT2D eigenvalue weighted by Gasteiger charge is -2.44. The zero-order valence-electron chi connectivity index (χ0n) is 21.6. The van der Waals surface area contributed by atoms with Crippen LogP contribution < -0.4 is 20.3 Å². The van der Waals surface area contributed by atoms with Crippen molar-refractivity contribution in [2.24, 2.45) is 11.8 Å². The lowest BCUT2D eigenvalue weighted by molar-refractivity contribution is -0.384. The summed E-state index contributed by atoms with van der Waals surface area (Å²) in [6.45, 7) is 4.18. The molecule has 2 aromatic carbocycles. The van der Waals surface area contributed by atoms with E-state index in [2.05, 4.69) is 50.7 Å². The molecule has 10 heteroatoms. The van der Waals surface area contributed by atoms with Crippen molar-refractivity contribution >= 4 is 27.3 Å². The van der Waals surface area contributed by atoms with Crippen LogP contribution >= 0.6 is 15.9 Å². The Morgan fingerprint density at radius 1 is 1.29 bits per heavy atom. The second-order valence-corrected chi connectivity index (χ2v) is 11.9. The number of hydrazine groups is 1. The molecule has 2 aromatic rings. The number of aliphatic hydroxyl groups excluding tert-OH is 1. The van der Waals surface area contributed by atoms with Gasteiger partial charge in [-0.3, -0.25) is 15.0 Å². The van der Waals surface area contributed by atoms with Gasteiger partial charge in [-0.05, 0) is 83.3 Å². The van der Waals surface area contributed by atoms with Gasteiger partial charge in [-0.2, -0.15) is 0 Å². The number of hydrogen-bond acceptors (Lipinski definition) is 8. The quantitative estimate of drug-likeness (QED) is 0.297. The van der Waals surface area contributed by atoms with Gasteiger partial charge in [0, 0.05) is 47.9 Å². The summed E-state index contributed by atoms with van der Waals surface area (Å²) in [5.41, 5.74) is 10.5. The van der Waals surface area contributed by atoms with Gasteiger partial charge in [0.25, 0.3) is 5.69 Å². The molecule has 1 fully saturated rings. The van der Waals surface area contributed by atoms with E-state index in [0.29, 0.717) is 0 Å². The average Bonchev–Trinajstić information content (AvgIpc) is 3.68. The minimum atomic E-state index is -0.406. The number of halogens is 1. The maximum absolute atomic E-state index is 11.0. The molecular formula is C28H33BrN4O5. The number of non-ortho nitro benzene ring substituents is 1. The fourth-order valence-electron chi connectivity index (χ4n) is 6.63. The molecule has 0 unspecified atom stereocenters. The number of ether oxygens (including phenoxy) is 2. The molecule has 0 aromatic heterocycles. The van der Waals surface area contributed by atoms with E-state index >= 15 is 0 Å². The van der Waals surface area contributed by atoms with Gasteiger partial charge in [-0.25, -0.2) is 0 Å². The zero-order chi connectivity index (χ0) is 26.6. The number of nitrogens with zero attached hydrogens (tertiary/aromatic N) is 2. The first-order chi connectivity index (χ1) is 18.3. The summed E-state index contributed by atoms with van der Waals surface area (Å²) in [6.07, 6.45) is 6.10. The maximum Gasteiger partial charge on any atom is 0.269 e.